The van der Waals surface area contributed by atoms with E-state index in [1.165, 1.54) is 0 Å². The van der Waals surface area contributed by atoms with Crippen LogP contribution in [0.4, 0.5) is 0 Å². The Hall–Kier alpha value is -1.65. The summed E-state index contributed by atoms with van der Waals surface area (Å²) in [5.41, 5.74) is 3.24. The van der Waals surface area contributed by atoms with Crippen LogP contribution in [0.5, 0.6) is 0 Å². The molecule has 0 aromatic heterocycles. The molecule has 2 aromatic carbocycles. The zero-order chi connectivity index (χ0) is 16.3. The van der Waals surface area contributed by atoms with Crippen molar-refractivity contribution in [2.75, 3.05) is 0 Å². The molecule has 2 rings (SSSR count). The standard InChI is InChI=1S/C18H23NO2S/c1-13(2)16-9-11-18(12-10-16)22(20,21)19-15(4)17-7-5-14(3)6-8-17/h5-13,15,19H,1-4H3/t15-/m1/s1. The molecule has 1 atom stereocenters. The van der Waals surface area contributed by atoms with Gasteiger partial charge in [0.2, 0.25) is 10.0 Å². The van der Waals surface area contributed by atoms with Gasteiger partial charge in [-0.1, -0.05) is 55.8 Å². The number of benzene rings is 2. The Kier molecular flexibility index (Phi) is 5.04. The minimum absolute atomic E-state index is 0.268. The van der Waals surface area contributed by atoms with Crippen molar-refractivity contribution < 1.29 is 8.42 Å². The van der Waals surface area contributed by atoms with Crippen LogP contribution in [0.3, 0.4) is 0 Å². The molecular formula is C18H23NO2S. The fourth-order valence-corrected chi connectivity index (χ4v) is 3.49. The molecule has 0 unspecified atom stereocenters. The molecule has 0 fully saturated rings. The molecule has 0 amide bonds. The van der Waals surface area contributed by atoms with E-state index in [4.69, 9.17) is 0 Å². The monoisotopic (exact) mass is 317 g/mol. The van der Waals surface area contributed by atoms with Crippen molar-refractivity contribution in [1.29, 1.82) is 0 Å². The highest BCUT2D eigenvalue weighted by atomic mass is 32.2. The van der Waals surface area contributed by atoms with Crippen LogP contribution in [0.1, 0.15) is 49.4 Å². The Morgan fingerprint density at radius 2 is 1.32 bits per heavy atom. The quantitative estimate of drug-likeness (QED) is 0.900. The lowest BCUT2D eigenvalue weighted by molar-refractivity contribution is 0.567. The highest BCUT2D eigenvalue weighted by Crippen LogP contribution is 2.20. The predicted octanol–water partition coefficient (Wildman–Crippen LogP) is 4.16. The number of hydrogen-bond donors (Lipinski definition) is 1. The zero-order valence-electron chi connectivity index (χ0n) is 13.5. The molecule has 3 nitrogen and oxygen atoms in total. The summed E-state index contributed by atoms with van der Waals surface area (Å²) in [4.78, 5) is 0.302. The molecule has 4 heteroatoms. The second kappa shape index (κ2) is 6.63. The first-order valence-corrected chi connectivity index (χ1v) is 8.97. The predicted molar refractivity (Wildman–Crippen MR) is 90.4 cm³/mol. The van der Waals surface area contributed by atoms with E-state index >= 15 is 0 Å². The van der Waals surface area contributed by atoms with Crippen molar-refractivity contribution in [3.05, 3.63) is 65.2 Å². The van der Waals surface area contributed by atoms with Gasteiger partial charge in [0.1, 0.15) is 0 Å². The van der Waals surface area contributed by atoms with E-state index < -0.39 is 10.0 Å². The van der Waals surface area contributed by atoms with Gasteiger partial charge in [0.05, 0.1) is 4.90 Å². The molecule has 22 heavy (non-hydrogen) atoms. The number of hydrogen-bond acceptors (Lipinski definition) is 2. The van der Waals surface area contributed by atoms with Crippen molar-refractivity contribution in [2.45, 2.75) is 44.6 Å². The maximum absolute atomic E-state index is 12.5. The maximum atomic E-state index is 12.5. The van der Waals surface area contributed by atoms with Crippen LogP contribution in [0.15, 0.2) is 53.4 Å². The lowest BCUT2D eigenvalue weighted by Crippen LogP contribution is -2.26. The van der Waals surface area contributed by atoms with Gasteiger partial charge >= 0.3 is 0 Å². The van der Waals surface area contributed by atoms with Crippen LogP contribution >= 0.6 is 0 Å². The molecule has 0 saturated carbocycles. The molecule has 0 bridgehead atoms. The second-order valence-corrected chi connectivity index (χ2v) is 7.69. The summed E-state index contributed by atoms with van der Waals surface area (Å²) in [7, 11) is -3.51. The van der Waals surface area contributed by atoms with E-state index in [1.54, 1.807) is 12.1 Å². The van der Waals surface area contributed by atoms with Crippen molar-refractivity contribution in [3.63, 3.8) is 0 Å². The Labute approximate surface area is 133 Å². The first-order chi connectivity index (χ1) is 10.3. The van der Waals surface area contributed by atoms with E-state index in [0.29, 0.717) is 10.8 Å². The van der Waals surface area contributed by atoms with Gasteiger partial charge in [-0.3, -0.25) is 0 Å². The summed E-state index contributed by atoms with van der Waals surface area (Å²) in [5.74, 6) is 0.385. The van der Waals surface area contributed by atoms with Gasteiger partial charge in [0.15, 0.2) is 0 Å². The highest BCUT2D eigenvalue weighted by molar-refractivity contribution is 7.89. The Balaban J connectivity index is 2.18. The van der Waals surface area contributed by atoms with Crippen LogP contribution < -0.4 is 4.72 Å². The first-order valence-electron chi connectivity index (χ1n) is 7.48. The van der Waals surface area contributed by atoms with Gasteiger partial charge < -0.3 is 0 Å². The van der Waals surface area contributed by atoms with E-state index in [9.17, 15) is 8.42 Å². The Morgan fingerprint density at radius 1 is 0.818 bits per heavy atom. The summed E-state index contributed by atoms with van der Waals surface area (Å²) in [6.45, 7) is 8.03. The Bertz CT molecular complexity index is 717. The molecule has 0 aliphatic heterocycles. The highest BCUT2D eigenvalue weighted by Gasteiger charge is 2.18. The number of rotatable bonds is 5. The molecule has 0 heterocycles. The van der Waals surface area contributed by atoms with Crippen molar-refractivity contribution in [1.82, 2.24) is 4.72 Å². The van der Waals surface area contributed by atoms with Gasteiger partial charge in [-0.2, -0.15) is 0 Å². The van der Waals surface area contributed by atoms with Crippen LogP contribution in [0.25, 0.3) is 0 Å². The molecule has 118 valence electrons. The number of aryl methyl sites for hydroxylation is 1. The lowest BCUT2D eigenvalue weighted by atomic mass is 10.0. The third kappa shape index (κ3) is 3.96. The summed E-state index contributed by atoms with van der Waals surface area (Å²) in [6.07, 6.45) is 0. The van der Waals surface area contributed by atoms with E-state index in [0.717, 1.165) is 16.7 Å². The summed E-state index contributed by atoms with van der Waals surface area (Å²) in [5, 5.41) is 0. The SMILES string of the molecule is Cc1ccc([C@@H](C)NS(=O)(=O)c2ccc(C(C)C)cc2)cc1. The summed E-state index contributed by atoms with van der Waals surface area (Å²) >= 11 is 0. The summed E-state index contributed by atoms with van der Waals surface area (Å²) in [6, 6.07) is 14.7. The molecule has 2 aromatic rings. The molecule has 0 saturated heterocycles. The lowest BCUT2D eigenvalue weighted by Gasteiger charge is -2.15. The third-order valence-electron chi connectivity index (χ3n) is 3.77. The van der Waals surface area contributed by atoms with Gasteiger partial charge in [-0.15, -0.1) is 0 Å². The van der Waals surface area contributed by atoms with Crippen molar-refractivity contribution in [3.8, 4) is 0 Å². The minimum atomic E-state index is -3.51. The smallest absolute Gasteiger partial charge is 0.207 e. The minimum Gasteiger partial charge on any atom is -0.207 e. The zero-order valence-corrected chi connectivity index (χ0v) is 14.3. The van der Waals surface area contributed by atoms with Crippen LogP contribution in [-0.4, -0.2) is 8.42 Å². The maximum Gasteiger partial charge on any atom is 0.241 e. The fourth-order valence-electron chi connectivity index (χ4n) is 2.26. The number of sulfonamides is 1. The van der Waals surface area contributed by atoms with E-state index in [-0.39, 0.29) is 6.04 Å². The van der Waals surface area contributed by atoms with Crippen molar-refractivity contribution in [2.24, 2.45) is 0 Å². The largest absolute Gasteiger partial charge is 0.241 e. The fraction of sp³-hybridized carbons (Fsp3) is 0.333. The van der Waals surface area contributed by atoms with Crippen molar-refractivity contribution >= 4 is 10.0 Å². The molecule has 0 aliphatic carbocycles. The molecule has 0 radical (unpaired) electrons. The van der Waals surface area contributed by atoms with E-state index in [2.05, 4.69) is 18.6 Å². The van der Waals surface area contributed by atoms with Crippen LogP contribution in [0, 0.1) is 6.92 Å². The molecule has 1 N–H and O–H groups in total. The number of nitrogens with one attached hydrogen (secondary N) is 1. The molecular weight excluding hydrogens is 294 g/mol. The third-order valence-corrected chi connectivity index (χ3v) is 5.32. The topological polar surface area (TPSA) is 46.2 Å². The van der Waals surface area contributed by atoms with Gasteiger partial charge in [-0.25, -0.2) is 13.1 Å². The molecule has 0 aliphatic rings. The van der Waals surface area contributed by atoms with E-state index in [1.807, 2.05) is 50.2 Å². The van der Waals surface area contributed by atoms with Gasteiger partial charge in [-0.05, 0) is 43.0 Å². The Morgan fingerprint density at radius 3 is 1.82 bits per heavy atom. The normalized spacial score (nSPS) is 13.3. The second-order valence-electron chi connectivity index (χ2n) is 5.98. The van der Waals surface area contributed by atoms with Crippen LogP contribution in [-0.2, 0) is 10.0 Å². The van der Waals surface area contributed by atoms with Crippen LogP contribution in [0.2, 0.25) is 0 Å². The molecule has 0 spiro atoms. The van der Waals surface area contributed by atoms with Gasteiger partial charge in [0.25, 0.3) is 0 Å². The average Bonchev–Trinajstić information content (AvgIpc) is 2.47. The summed E-state index contributed by atoms with van der Waals surface area (Å²) < 4.78 is 27.6. The van der Waals surface area contributed by atoms with Gasteiger partial charge in [0, 0.05) is 6.04 Å². The average molecular weight is 317 g/mol. The first kappa shape index (κ1) is 16.7.